The van der Waals surface area contributed by atoms with Crippen molar-refractivity contribution in [3.63, 3.8) is 0 Å². The molecule has 4 aromatic rings. The first-order valence-electron chi connectivity index (χ1n) is 13.9. The van der Waals surface area contributed by atoms with Crippen LogP contribution in [0.1, 0.15) is 47.9 Å². The number of aliphatic carboxylic acids is 1. The van der Waals surface area contributed by atoms with Crippen molar-refractivity contribution in [2.45, 2.75) is 51.6 Å². The van der Waals surface area contributed by atoms with Gasteiger partial charge in [-0.25, -0.2) is 23.4 Å². The molecule has 1 fully saturated rings. The summed E-state index contributed by atoms with van der Waals surface area (Å²) >= 11 is 0. The number of carboxylic acid groups (broad SMARTS) is 1. The van der Waals surface area contributed by atoms with Gasteiger partial charge < -0.3 is 24.3 Å². The number of halogens is 2. The number of piperidine rings is 1. The summed E-state index contributed by atoms with van der Waals surface area (Å²) in [6.07, 6.45) is 5.58. The number of imidazole rings is 1. The average Bonchev–Trinajstić information content (AvgIpc) is 3.46. The first-order valence-corrected chi connectivity index (χ1v) is 13.9. The summed E-state index contributed by atoms with van der Waals surface area (Å²) in [5.74, 6) is -4.76. The molecule has 3 aromatic heterocycles. The fourth-order valence-electron chi connectivity index (χ4n) is 5.75. The molecule has 0 radical (unpaired) electrons. The molecule has 1 aliphatic heterocycles. The minimum absolute atomic E-state index is 0.0933. The third kappa shape index (κ3) is 5.30. The number of carbonyl (C=O) groups is 2. The Bertz CT molecular complexity index is 1850. The molecule has 13 heteroatoms. The van der Waals surface area contributed by atoms with Gasteiger partial charge in [0.1, 0.15) is 28.9 Å². The van der Waals surface area contributed by atoms with Gasteiger partial charge in [-0.1, -0.05) is 0 Å². The van der Waals surface area contributed by atoms with Crippen molar-refractivity contribution >= 4 is 23.2 Å². The van der Waals surface area contributed by atoms with Crippen LogP contribution in [0, 0.1) is 18.6 Å². The average molecular weight is 595 g/mol. The number of hydrogen-bond donors (Lipinski definition) is 2. The van der Waals surface area contributed by atoms with Crippen LogP contribution in [0.5, 0.6) is 0 Å². The normalized spacial score (nSPS) is 16.0. The first-order chi connectivity index (χ1) is 20.4. The number of benzene rings is 1. The van der Waals surface area contributed by atoms with Gasteiger partial charge in [0.25, 0.3) is 11.5 Å². The second-order valence-electron chi connectivity index (χ2n) is 10.9. The van der Waals surface area contributed by atoms with Crippen molar-refractivity contribution in [1.82, 2.24) is 23.8 Å². The van der Waals surface area contributed by atoms with Gasteiger partial charge in [-0.3, -0.25) is 14.2 Å². The molecule has 0 bridgehead atoms. The quantitative estimate of drug-likeness (QED) is 0.337. The van der Waals surface area contributed by atoms with Crippen LogP contribution in [0.15, 0.2) is 46.2 Å². The van der Waals surface area contributed by atoms with Gasteiger partial charge in [-0.05, 0) is 57.4 Å². The number of carbonyl (C=O) groups excluding carboxylic acids is 1. The van der Waals surface area contributed by atoms with Gasteiger partial charge in [0.05, 0.1) is 5.56 Å². The molecule has 1 aromatic carbocycles. The lowest BCUT2D eigenvalue weighted by atomic mass is 10.0. The van der Waals surface area contributed by atoms with Crippen LogP contribution in [-0.2, 0) is 25.3 Å². The van der Waals surface area contributed by atoms with Crippen LogP contribution < -0.4 is 21.5 Å². The standard InChI is InChI=1S/C30H32F2N6O5/c1-16-7-5-6-11-37(16)19-13-21(31)25(22(32)14-19)27(39)34-23(29(41)42)15-18-8-9-20(26-33-10-12-38(18)26)24-17(2)35(3)30(43)36(4)28(24)40/h8-10,12-14,16,23H,5-7,11,15H2,1-4H3,(H,34,39)(H,41,42)/t16-,23+/m1/s1. The van der Waals surface area contributed by atoms with E-state index in [9.17, 15) is 24.3 Å². The molecular weight excluding hydrogens is 562 g/mol. The lowest BCUT2D eigenvalue weighted by Crippen LogP contribution is -2.43. The van der Waals surface area contributed by atoms with E-state index in [1.807, 2.05) is 11.8 Å². The van der Waals surface area contributed by atoms with E-state index < -0.39 is 46.4 Å². The van der Waals surface area contributed by atoms with E-state index in [1.54, 1.807) is 36.7 Å². The van der Waals surface area contributed by atoms with Gasteiger partial charge in [-0.2, -0.15) is 0 Å². The number of nitrogens with one attached hydrogen (secondary N) is 1. The SMILES string of the molecule is Cc1c(-c2ccc(C[C@H](NC(=O)c3c(F)cc(N4CCCC[C@H]4C)cc3F)C(=O)O)n3ccnc23)c(=O)n(C)c(=O)n1C. The number of amides is 1. The van der Waals surface area contributed by atoms with E-state index in [1.165, 1.54) is 17.8 Å². The number of nitrogens with zero attached hydrogens (tertiary/aromatic N) is 5. The monoisotopic (exact) mass is 594 g/mol. The first kappa shape index (κ1) is 29.7. The summed E-state index contributed by atoms with van der Waals surface area (Å²) in [6, 6.07) is 3.93. The second kappa shape index (κ2) is 11.5. The lowest BCUT2D eigenvalue weighted by Gasteiger charge is -2.35. The number of anilines is 1. The molecule has 2 atom stereocenters. The van der Waals surface area contributed by atoms with Crippen LogP contribution in [0.4, 0.5) is 14.5 Å². The number of fused-ring (bicyclic) bond motifs is 1. The van der Waals surface area contributed by atoms with E-state index in [4.69, 9.17) is 0 Å². The van der Waals surface area contributed by atoms with Gasteiger partial charge in [0.15, 0.2) is 0 Å². The molecule has 5 rings (SSSR count). The smallest absolute Gasteiger partial charge is 0.330 e. The maximum absolute atomic E-state index is 15.1. The topological polar surface area (TPSA) is 131 Å². The molecule has 0 spiro atoms. The third-order valence-corrected chi connectivity index (χ3v) is 8.27. The second-order valence-corrected chi connectivity index (χ2v) is 10.9. The zero-order chi connectivity index (χ0) is 31.2. The molecule has 11 nitrogen and oxygen atoms in total. The Balaban J connectivity index is 1.45. The predicted molar refractivity (Wildman–Crippen MR) is 155 cm³/mol. The van der Waals surface area contributed by atoms with Crippen LogP contribution in [0.3, 0.4) is 0 Å². The predicted octanol–water partition coefficient (Wildman–Crippen LogP) is 2.79. The zero-order valence-corrected chi connectivity index (χ0v) is 24.2. The van der Waals surface area contributed by atoms with Crippen LogP contribution in [-0.4, -0.2) is 54.1 Å². The molecular formula is C30H32F2N6O5. The minimum atomic E-state index is -1.54. The maximum Gasteiger partial charge on any atom is 0.330 e. The molecule has 1 saturated heterocycles. The highest BCUT2D eigenvalue weighted by atomic mass is 19.1. The molecule has 0 unspecified atom stereocenters. The maximum atomic E-state index is 15.1. The Kier molecular flexibility index (Phi) is 7.91. The van der Waals surface area contributed by atoms with Crippen molar-refractivity contribution in [2.75, 3.05) is 11.4 Å². The Morgan fingerprint density at radius 3 is 2.47 bits per heavy atom. The van der Waals surface area contributed by atoms with E-state index >= 15 is 8.78 Å². The summed E-state index contributed by atoms with van der Waals surface area (Å²) < 4.78 is 34.1. The Morgan fingerprint density at radius 1 is 1.12 bits per heavy atom. The summed E-state index contributed by atoms with van der Waals surface area (Å²) in [5.41, 5.74) is 0.304. The van der Waals surface area contributed by atoms with Crippen molar-refractivity contribution in [2.24, 2.45) is 14.1 Å². The lowest BCUT2D eigenvalue weighted by molar-refractivity contribution is -0.139. The highest BCUT2D eigenvalue weighted by molar-refractivity contribution is 5.97. The van der Waals surface area contributed by atoms with E-state index in [2.05, 4.69) is 10.3 Å². The van der Waals surface area contributed by atoms with Crippen molar-refractivity contribution in [3.8, 4) is 11.1 Å². The van der Waals surface area contributed by atoms with E-state index in [-0.39, 0.29) is 18.0 Å². The summed E-state index contributed by atoms with van der Waals surface area (Å²) in [6.45, 7) is 4.25. The molecule has 0 saturated carbocycles. The Labute approximate surface area is 245 Å². The van der Waals surface area contributed by atoms with Crippen molar-refractivity contribution < 1.29 is 23.5 Å². The van der Waals surface area contributed by atoms with Gasteiger partial charge >= 0.3 is 11.7 Å². The van der Waals surface area contributed by atoms with Crippen molar-refractivity contribution in [1.29, 1.82) is 0 Å². The summed E-state index contributed by atoms with van der Waals surface area (Å²) in [7, 11) is 2.92. The van der Waals surface area contributed by atoms with Crippen LogP contribution >= 0.6 is 0 Å². The molecule has 43 heavy (non-hydrogen) atoms. The number of carboxylic acids is 1. The minimum Gasteiger partial charge on any atom is -0.480 e. The molecule has 226 valence electrons. The number of aromatic nitrogens is 4. The zero-order valence-electron chi connectivity index (χ0n) is 24.2. The van der Waals surface area contributed by atoms with Crippen LogP contribution in [0.25, 0.3) is 16.8 Å². The van der Waals surface area contributed by atoms with Gasteiger partial charge in [-0.15, -0.1) is 0 Å². The molecule has 1 aliphatic rings. The van der Waals surface area contributed by atoms with E-state index in [0.717, 1.165) is 36.0 Å². The van der Waals surface area contributed by atoms with Gasteiger partial charge in [0.2, 0.25) is 0 Å². The van der Waals surface area contributed by atoms with E-state index in [0.29, 0.717) is 34.8 Å². The summed E-state index contributed by atoms with van der Waals surface area (Å²) in [5, 5.41) is 12.2. The molecule has 1 amide bonds. The third-order valence-electron chi connectivity index (χ3n) is 8.27. The van der Waals surface area contributed by atoms with Crippen LogP contribution in [0.2, 0.25) is 0 Å². The van der Waals surface area contributed by atoms with Gasteiger partial charge in [0, 0.05) is 68.1 Å². The fraction of sp³-hybridized carbons (Fsp3) is 0.367. The Hall–Kier alpha value is -4.81. The Morgan fingerprint density at radius 2 is 1.81 bits per heavy atom. The fourth-order valence-corrected chi connectivity index (χ4v) is 5.75. The molecule has 0 aliphatic carbocycles. The largest absolute Gasteiger partial charge is 0.480 e. The summed E-state index contributed by atoms with van der Waals surface area (Å²) in [4.78, 5) is 56.8. The number of hydrogen-bond acceptors (Lipinski definition) is 6. The molecule has 4 heterocycles. The van der Waals surface area contributed by atoms with Crippen molar-refractivity contribution in [3.05, 3.63) is 86.1 Å². The highest BCUT2D eigenvalue weighted by Crippen LogP contribution is 2.29. The number of rotatable bonds is 7. The molecule has 2 N–H and O–H groups in total. The highest BCUT2D eigenvalue weighted by Gasteiger charge is 2.28. The number of pyridine rings is 1.